The van der Waals surface area contributed by atoms with E-state index in [0.29, 0.717) is 16.7 Å². The fraction of sp³-hybridized carbons (Fsp3) is 0.353. The molecule has 0 fully saturated rings. The van der Waals surface area contributed by atoms with Crippen molar-refractivity contribution >= 4 is 37.6 Å². The van der Waals surface area contributed by atoms with E-state index in [0.717, 1.165) is 10.9 Å². The smallest absolute Gasteiger partial charge is 0.234 e. The molecule has 118 valence electrons. The predicted octanol–water partition coefficient (Wildman–Crippen LogP) is 4.93. The third kappa shape index (κ3) is 3.53. The molecule has 0 amide bonds. The summed E-state index contributed by atoms with van der Waals surface area (Å²) in [6.07, 6.45) is 5.16. The minimum atomic E-state index is -0.627. The maximum atomic E-state index is 12.3. The minimum absolute atomic E-state index is 0.187. The van der Waals surface area contributed by atoms with E-state index in [4.69, 9.17) is 9.47 Å². The summed E-state index contributed by atoms with van der Waals surface area (Å²) in [4.78, 5) is 12.3. The fourth-order valence-electron chi connectivity index (χ4n) is 2.23. The van der Waals surface area contributed by atoms with Crippen LogP contribution in [0, 0.1) is 0 Å². The molecule has 0 saturated carbocycles. The Balaban J connectivity index is 2.35. The monoisotopic (exact) mass is 428 g/mol. The second kappa shape index (κ2) is 7.11. The van der Waals surface area contributed by atoms with Crippen LogP contribution >= 0.6 is 31.9 Å². The zero-order valence-corrected chi connectivity index (χ0v) is 16.0. The summed E-state index contributed by atoms with van der Waals surface area (Å²) in [6, 6.07) is 5.85. The van der Waals surface area contributed by atoms with Gasteiger partial charge in [-0.15, -0.1) is 0 Å². The largest absolute Gasteiger partial charge is 0.452 e. The molecule has 0 aromatic heterocycles. The van der Waals surface area contributed by atoms with Crippen LogP contribution in [0.25, 0.3) is 0 Å². The number of ether oxygens (including phenoxy) is 2. The van der Waals surface area contributed by atoms with Gasteiger partial charge in [0.05, 0.1) is 8.96 Å². The molecule has 1 aromatic rings. The highest BCUT2D eigenvalue weighted by Crippen LogP contribution is 2.34. The van der Waals surface area contributed by atoms with Crippen molar-refractivity contribution in [3.63, 3.8) is 0 Å². The first-order chi connectivity index (χ1) is 10.4. The maximum absolute atomic E-state index is 12.3. The van der Waals surface area contributed by atoms with Gasteiger partial charge in [-0.2, -0.15) is 0 Å². The lowest BCUT2D eigenvalue weighted by atomic mass is 9.93. The van der Waals surface area contributed by atoms with Crippen molar-refractivity contribution < 1.29 is 14.3 Å². The van der Waals surface area contributed by atoms with Crippen LogP contribution < -0.4 is 4.74 Å². The van der Waals surface area contributed by atoms with Gasteiger partial charge in [-0.05, 0) is 74.5 Å². The van der Waals surface area contributed by atoms with Gasteiger partial charge in [0.15, 0.2) is 5.76 Å². The first-order valence-electron chi connectivity index (χ1n) is 7.12. The molecule has 1 atom stereocenters. The van der Waals surface area contributed by atoms with Crippen molar-refractivity contribution in [2.75, 3.05) is 7.11 Å². The second-order valence-corrected chi connectivity index (χ2v) is 6.77. The predicted molar refractivity (Wildman–Crippen MR) is 94.3 cm³/mol. The van der Waals surface area contributed by atoms with Crippen LogP contribution in [0.4, 0.5) is 0 Å². The molecule has 1 aromatic carbocycles. The fourth-order valence-corrected chi connectivity index (χ4v) is 3.32. The molecule has 2 rings (SSSR count). The average Bonchev–Trinajstić information content (AvgIpc) is 2.53. The molecule has 1 aliphatic carbocycles. The van der Waals surface area contributed by atoms with E-state index in [-0.39, 0.29) is 11.5 Å². The summed E-state index contributed by atoms with van der Waals surface area (Å²) in [5.74, 6) is 0.690. The van der Waals surface area contributed by atoms with E-state index < -0.39 is 5.60 Å². The number of methoxy groups -OCH3 is 1. The van der Waals surface area contributed by atoms with Crippen LogP contribution in [-0.2, 0) is 16.0 Å². The summed E-state index contributed by atoms with van der Waals surface area (Å²) in [6.45, 7) is 4.09. The first kappa shape index (κ1) is 17.4. The second-order valence-electron chi connectivity index (χ2n) is 5.06. The summed E-state index contributed by atoms with van der Waals surface area (Å²) in [5.41, 5.74) is 0.571. The Hall–Kier alpha value is -0.910. The van der Waals surface area contributed by atoms with E-state index >= 15 is 0 Å². The lowest BCUT2D eigenvalue weighted by Gasteiger charge is -2.29. The van der Waals surface area contributed by atoms with Gasteiger partial charge in [0.1, 0.15) is 11.4 Å². The molecular weight excluding hydrogens is 412 g/mol. The van der Waals surface area contributed by atoms with Crippen LogP contribution in [0.5, 0.6) is 5.75 Å². The van der Waals surface area contributed by atoms with E-state index in [2.05, 4.69) is 38.8 Å². The lowest BCUT2D eigenvalue weighted by Crippen LogP contribution is -2.32. The highest BCUT2D eigenvalue weighted by atomic mass is 79.9. The number of hydrogen-bond donors (Lipinski definition) is 0. The molecule has 0 aliphatic heterocycles. The summed E-state index contributed by atoms with van der Waals surface area (Å²) >= 11 is 6.80. The van der Waals surface area contributed by atoms with Crippen molar-refractivity contribution in [2.24, 2.45) is 0 Å². The highest BCUT2D eigenvalue weighted by Gasteiger charge is 2.33. The topological polar surface area (TPSA) is 35.5 Å². The Morgan fingerprint density at radius 2 is 1.91 bits per heavy atom. The van der Waals surface area contributed by atoms with Crippen molar-refractivity contribution in [1.82, 2.24) is 0 Å². The Bertz CT molecular complexity index is 643. The van der Waals surface area contributed by atoms with Crippen LogP contribution in [0.3, 0.4) is 0 Å². The molecule has 0 N–H and O–H groups in total. The Labute approximate surface area is 147 Å². The van der Waals surface area contributed by atoms with Crippen LogP contribution in [-0.4, -0.2) is 18.5 Å². The quantitative estimate of drug-likeness (QED) is 0.665. The van der Waals surface area contributed by atoms with Gasteiger partial charge in [-0.25, -0.2) is 0 Å². The van der Waals surface area contributed by atoms with Crippen molar-refractivity contribution in [3.8, 4) is 5.75 Å². The van der Waals surface area contributed by atoms with E-state index in [1.54, 1.807) is 19.3 Å². The summed E-state index contributed by atoms with van der Waals surface area (Å²) < 4.78 is 12.7. The van der Waals surface area contributed by atoms with Crippen LogP contribution in [0.1, 0.15) is 25.8 Å². The molecule has 1 unspecified atom stereocenters. The number of benzene rings is 1. The third-order valence-corrected chi connectivity index (χ3v) is 4.95. The van der Waals surface area contributed by atoms with Gasteiger partial charge in [-0.3, -0.25) is 4.79 Å². The Morgan fingerprint density at radius 3 is 2.45 bits per heavy atom. The first-order valence-corrected chi connectivity index (χ1v) is 8.70. The van der Waals surface area contributed by atoms with Gasteiger partial charge in [0, 0.05) is 7.11 Å². The number of halogens is 2. The number of hydrogen-bond acceptors (Lipinski definition) is 3. The molecule has 0 spiro atoms. The standard InChI is InChI=1S/C17H18Br2O3/c1-4-11-6-7-14(12(18)8-11)22-15-10-17(5-2,21-3)9-13(19)16(15)20/h6-10H,4-5H2,1-3H3. The van der Waals surface area contributed by atoms with E-state index in [1.807, 2.05) is 25.1 Å². The Kier molecular flexibility index (Phi) is 5.64. The van der Waals surface area contributed by atoms with Crippen LogP contribution in [0.15, 0.2) is 45.1 Å². The molecule has 5 heteroatoms. The average molecular weight is 430 g/mol. The summed E-state index contributed by atoms with van der Waals surface area (Å²) in [7, 11) is 1.62. The Morgan fingerprint density at radius 1 is 1.18 bits per heavy atom. The molecule has 22 heavy (non-hydrogen) atoms. The van der Waals surface area contributed by atoms with Gasteiger partial charge < -0.3 is 9.47 Å². The number of aryl methyl sites for hydroxylation is 1. The van der Waals surface area contributed by atoms with E-state index in [1.165, 1.54) is 5.56 Å². The molecule has 0 bridgehead atoms. The summed E-state index contributed by atoms with van der Waals surface area (Å²) in [5, 5.41) is 0. The molecule has 0 saturated heterocycles. The van der Waals surface area contributed by atoms with Gasteiger partial charge in [0.2, 0.25) is 5.78 Å². The minimum Gasteiger partial charge on any atom is -0.452 e. The number of carbonyl (C=O) groups is 1. The number of ketones is 1. The van der Waals surface area contributed by atoms with Crippen molar-refractivity contribution in [3.05, 3.63) is 50.6 Å². The molecule has 1 aliphatic rings. The number of rotatable bonds is 5. The van der Waals surface area contributed by atoms with Crippen molar-refractivity contribution in [1.29, 1.82) is 0 Å². The zero-order valence-electron chi connectivity index (χ0n) is 12.8. The van der Waals surface area contributed by atoms with Gasteiger partial charge in [-0.1, -0.05) is 19.9 Å². The lowest BCUT2D eigenvalue weighted by molar-refractivity contribution is -0.114. The third-order valence-electron chi connectivity index (χ3n) is 3.74. The van der Waals surface area contributed by atoms with Crippen LogP contribution in [0.2, 0.25) is 0 Å². The number of carbonyl (C=O) groups excluding carboxylic acids is 1. The SMILES string of the molecule is CCc1ccc(OC2=CC(CC)(OC)C=C(Br)C2=O)c(Br)c1. The highest BCUT2D eigenvalue weighted by molar-refractivity contribution is 9.12. The number of allylic oxidation sites excluding steroid dienone is 1. The normalized spacial score (nSPS) is 21.4. The molecule has 0 heterocycles. The maximum Gasteiger partial charge on any atom is 0.234 e. The molecule has 3 nitrogen and oxygen atoms in total. The molecule has 0 radical (unpaired) electrons. The zero-order chi connectivity index (χ0) is 16.3. The van der Waals surface area contributed by atoms with E-state index in [9.17, 15) is 4.79 Å². The molecular formula is C17H18Br2O3. The number of Topliss-reactive ketones (excluding diaryl/α,β-unsaturated/α-hetero) is 1. The van der Waals surface area contributed by atoms with Crippen molar-refractivity contribution in [2.45, 2.75) is 32.3 Å². The van der Waals surface area contributed by atoms with Gasteiger partial charge >= 0.3 is 0 Å². The van der Waals surface area contributed by atoms with Gasteiger partial charge in [0.25, 0.3) is 0 Å².